The van der Waals surface area contributed by atoms with Crippen molar-refractivity contribution in [2.45, 2.75) is 20.3 Å². The van der Waals surface area contributed by atoms with E-state index in [0.717, 1.165) is 27.2 Å². The molecule has 0 N–H and O–H groups in total. The van der Waals surface area contributed by atoms with Crippen molar-refractivity contribution >= 4 is 33.8 Å². The predicted octanol–water partition coefficient (Wildman–Crippen LogP) is 4.28. The number of nitrogens with zero attached hydrogens (tertiary/aromatic N) is 3. The maximum atomic E-state index is 6.28. The van der Waals surface area contributed by atoms with Crippen LogP contribution >= 0.6 is 22.9 Å². The van der Waals surface area contributed by atoms with Gasteiger partial charge in [-0.05, 0) is 31.0 Å². The zero-order chi connectivity index (χ0) is 13.4. The SMILES string of the molecule is CCc1ccc2nc(-c3cnc(C)s3)nc(Cl)c2c1. The monoisotopic (exact) mass is 289 g/mol. The van der Waals surface area contributed by atoms with Gasteiger partial charge in [-0.25, -0.2) is 15.0 Å². The summed E-state index contributed by atoms with van der Waals surface area (Å²) in [6.45, 7) is 4.08. The number of hydrogen-bond acceptors (Lipinski definition) is 4. The minimum absolute atomic E-state index is 0.501. The summed E-state index contributed by atoms with van der Waals surface area (Å²) in [5.41, 5.74) is 2.11. The van der Waals surface area contributed by atoms with Crippen molar-refractivity contribution in [1.29, 1.82) is 0 Å². The molecule has 0 atom stereocenters. The zero-order valence-electron chi connectivity index (χ0n) is 10.6. The molecule has 0 aliphatic carbocycles. The van der Waals surface area contributed by atoms with Crippen molar-refractivity contribution in [3.05, 3.63) is 40.1 Å². The van der Waals surface area contributed by atoms with E-state index in [1.165, 1.54) is 5.56 Å². The average molecular weight is 290 g/mol. The third-order valence-electron chi connectivity index (χ3n) is 2.96. The largest absolute Gasteiger partial charge is 0.249 e. The quantitative estimate of drug-likeness (QED) is 0.661. The molecular formula is C14H12ClN3S. The Bertz CT molecular complexity index is 752. The van der Waals surface area contributed by atoms with Crippen LogP contribution in [0.5, 0.6) is 0 Å². The van der Waals surface area contributed by atoms with E-state index in [4.69, 9.17) is 11.6 Å². The smallest absolute Gasteiger partial charge is 0.173 e. The predicted molar refractivity (Wildman–Crippen MR) is 79.8 cm³/mol. The Hall–Kier alpha value is -1.52. The normalized spacial score (nSPS) is 11.1. The summed E-state index contributed by atoms with van der Waals surface area (Å²) in [6, 6.07) is 6.13. The van der Waals surface area contributed by atoms with Gasteiger partial charge < -0.3 is 0 Å². The lowest BCUT2D eigenvalue weighted by atomic mass is 10.1. The third kappa shape index (κ3) is 2.33. The summed E-state index contributed by atoms with van der Waals surface area (Å²) in [4.78, 5) is 14.1. The molecule has 96 valence electrons. The Labute approximate surface area is 120 Å². The van der Waals surface area contributed by atoms with Crippen LogP contribution in [0.4, 0.5) is 0 Å². The Morgan fingerprint density at radius 2 is 2.11 bits per heavy atom. The fourth-order valence-corrected chi connectivity index (χ4v) is 2.88. The van der Waals surface area contributed by atoms with Gasteiger partial charge in [0.15, 0.2) is 5.82 Å². The van der Waals surface area contributed by atoms with Crippen LogP contribution in [0.2, 0.25) is 5.15 Å². The molecule has 0 saturated heterocycles. The molecule has 0 amide bonds. The van der Waals surface area contributed by atoms with Crippen LogP contribution in [0.15, 0.2) is 24.4 Å². The molecule has 2 heterocycles. The van der Waals surface area contributed by atoms with Gasteiger partial charge in [0.25, 0.3) is 0 Å². The van der Waals surface area contributed by atoms with E-state index in [9.17, 15) is 0 Å². The second kappa shape index (κ2) is 4.87. The van der Waals surface area contributed by atoms with Crippen LogP contribution in [-0.2, 0) is 6.42 Å². The summed E-state index contributed by atoms with van der Waals surface area (Å²) >= 11 is 7.85. The highest BCUT2D eigenvalue weighted by atomic mass is 35.5. The molecule has 1 aromatic carbocycles. The van der Waals surface area contributed by atoms with Crippen LogP contribution in [0.3, 0.4) is 0 Å². The number of benzene rings is 1. The molecule has 3 aromatic rings. The van der Waals surface area contributed by atoms with Gasteiger partial charge in [-0.2, -0.15) is 0 Å². The molecule has 19 heavy (non-hydrogen) atoms. The number of aromatic nitrogens is 3. The molecule has 0 bridgehead atoms. The Morgan fingerprint density at radius 1 is 1.26 bits per heavy atom. The minimum atomic E-state index is 0.501. The van der Waals surface area contributed by atoms with E-state index in [1.54, 1.807) is 17.5 Å². The van der Waals surface area contributed by atoms with Gasteiger partial charge >= 0.3 is 0 Å². The zero-order valence-corrected chi connectivity index (χ0v) is 12.2. The van der Waals surface area contributed by atoms with Gasteiger partial charge in [0, 0.05) is 11.6 Å². The number of fused-ring (bicyclic) bond motifs is 1. The first kappa shape index (κ1) is 12.5. The second-order valence-corrected chi connectivity index (χ2v) is 5.88. The molecule has 0 saturated carbocycles. The first-order valence-corrected chi connectivity index (χ1v) is 7.26. The fourth-order valence-electron chi connectivity index (χ4n) is 1.93. The van der Waals surface area contributed by atoms with Crippen molar-refractivity contribution in [3.63, 3.8) is 0 Å². The molecule has 0 unspecified atom stereocenters. The van der Waals surface area contributed by atoms with Crippen molar-refractivity contribution in [2.75, 3.05) is 0 Å². The van der Waals surface area contributed by atoms with Gasteiger partial charge in [0.1, 0.15) is 5.15 Å². The van der Waals surface area contributed by atoms with E-state index in [-0.39, 0.29) is 0 Å². The van der Waals surface area contributed by atoms with Gasteiger partial charge in [0.2, 0.25) is 0 Å². The molecule has 0 radical (unpaired) electrons. The highest BCUT2D eigenvalue weighted by Crippen LogP contribution is 2.28. The number of rotatable bonds is 2. The van der Waals surface area contributed by atoms with Crippen LogP contribution in [-0.4, -0.2) is 15.0 Å². The number of hydrogen-bond donors (Lipinski definition) is 0. The minimum Gasteiger partial charge on any atom is -0.249 e. The van der Waals surface area contributed by atoms with Crippen molar-refractivity contribution in [3.8, 4) is 10.7 Å². The second-order valence-electron chi connectivity index (χ2n) is 4.29. The van der Waals surface area contributed by atoms with Crippen LogP contribution in [0.1, 0.15) is 17.5 Å². The number of halogens is 1. The third-order valence-corrected chi connectivity index (χ3v) is 4.16. The molecule has 3 nitrogen and oxygen atoms in total. The summed E-state index contributed by atoms with van der Waals surface area (Å²) in [7, 11) is 0. The van der Waals surface area contributed by atoms with Crippen molar-refractivity contribution in [2.24, 2.45) is 0 Å². The summed E-state index contributed by atoms with van der Waals surface area (Å²) < 4.78 is 0. The number of aryl methyl sites for hydroxylation is 2. The van der Waals surface area contributed by atoms with Crippen molar-refractivity contribution in [1.82, 2.24) is 15.0 Å². The highest BCUT2D eigenvalue weighted by molar-refractivity contribution is 7.14. The van der Waals surface area contributed by atoms with Crippen LogP contribution < -0.4 is 0 Å². The standard InChI is InChI=1S/C14H12ClN3S/c1-3-9-4-5-11-10(6-9)13(15)18-14(17-11)12-7-16-8(2)19-12/h4-7H,3H2,1-2H3. The average Bonchev–Trinajstić information content (AvgIpc) is 2.85. The molecule has 0 spiro atoms. The Balaban J connectivity index is 2.19. The van der Waals surface area contributed by atoms with Gasteiger partial charge in [0.05, 0.1) is 15.4 Å². The lowest BCUT2D eigenvalue weighted by Gasteiger charge is -2.04. The first-order chi connectivity index (χ1) is 9.17. The molecule has 0 fully saturated rings. The molecule has 2 aromatic heterocycles. The van der Waals surface area contributed by atoms with Crippen LogP contribution in [0, 0.1) is 6.92 Å². The van der Waals surface area contributed by atoms with Crippen molar-refractivity contribution < 1.29 is 0 Å². The van der Waals surface area contributed by atoms with Gasteiger partial charge in [-0.3, -0.25) is 0 Å². The lowest BCUT2D eigenvalue weighted by Crippen LogP contribution is -1.91. The molecular weight excluding hydrogens is 278 g/mol. The molecule has 0 aliphatic rings. The van der Waals surface area contributed by atoms with E-state index in [1.807, 2.05) is 13.0 Å². The maximum absolute atomic E-state index is 6.28. The lowest BCUT2D eigenvalue weighted by molar-refractivity contribution is 1.14. The van der Waals surface area contributed by atoms with E-state index >= 15 is 0 Å². The molecule has 5 heteroatoms. The van der Waals surface area contributed by atoms with E-state index < -0.39 is 0 Å². The maximum Gasteiger partial charge on any atom is 0.173 e. The molecule has 3 rings (SSSR count). The van der Waals surface area contributed by atoms with E-state index in [2.05, 4.69) is 34.0 Å². The van der Waals surface area contributed by atoms with Gasteiger partial charge in [-0.15, -0.1) is 11.3 Å². The molecule has 0 aliphatic heterocycles. The first-order valence-electron chi connectivity index (χ1n) is 6.06. The Kier molecular flexibility index (Phi) is 3.21. The summed E-state index contributed by atoms with van der Waals surface area (Å²) in [5, 5.41) is 2.41. The van der Waals surface area contributed by atoms with E-state index in [0.29, 0.717) is 11.0 Å². The number of thiazole rings is 1. The Morgan fingerprint density at radius 3 is 2.79 bits per heavy atom. The van der Waals surface area contributed by atoms with Gasteiger partial charge in [-0.1, -0.05) is 24.6 Å². The summed E-state index contributed by atoms with van der Waals surface area (Å²) in [5.74, 6) is 0.646. The fraction of sp³-hybridized carbons (Fsp3) is 0.214. The highest BCUT2D eigenvalue weighted by Gasteiger charge is 2.10. The summed E-state index contributed by atoms with van der Waals surface area (Å²) in [6.07, 6.45) is 2.76. The topological polar surface area (TPSA) is 38.7 Å². The van der Waals surface area contributed by atoms with Crippen LogP contribution in [0.25, 0.3) is 21.6 Å².